The van der Waals surface area contributed by atoms with Crippen LogP contribution in [0.4, 0.5) is 5.69 Å². The summed E-state index contributed by atoms with van der Waals surface area (Å²) in [5.74, 6) is 0. The zero-order chi connectivity index (χ0) is 15.1. The molecule has 0 atom stereocenters. The molecule has 0 bridgehead atoms. The first-order valence-corrected chi connectivity index (χ1v) is 8.24. The predicted octanol–water partition coefficient (Wildman–Crippen LogP) is 3.75. The van der Waals surface area contributed by atoms with Crippen LogP contribution in [0.1, 0.15) is 26.2 Å². The van der Waals surface area contributed by atoms with Crippen molar-refractivity contribution in [3.63, 3.8) is 0 Å². The van der Waals surface area contributed by atoms with Crippen molar-refractivity contribution in [2.45, 2.75) is 26.2 Å². The highest BCUT2D eigenvalue weighted by molar-refractivity contribution is 7.78. The van der Waals surface area contributed by atoms with Gasteiger partial charge in [0.2, 0.25) is 0 Å². The first-order valence-electron chi connectivity index (χ1n) is 6.95. The minimum absolute atomic E-state index is 0.818. The summed E-state index contributed by atoms with van der Waals surface area (Å²) in [4.78, 5) is 2.20. The quantitative estimate of drug-likeness (QED) is 0.365. The molecule has 0 saturated heterocycles. The summed E-state index contributed by atoms with van der Waals surface area (Å²) in [7, 11) is 4.08. The lowest BCUT2D eigenvalue weighted by atomic mass is 10.2. The Morgan fingerprint density at radius 1 is 1.10 bits per heavy atom. The van der Waals surface area contributed by atoms with Gasteiger partial charge < -0.3 is 9.91 Å². The maximum Gasteiger partial charge on any atom is 0.0792 e. The van der Waals surface area contributed by atoms with Crippen molar-refractivity contribution in [2.75, 3.05) is 38.6 Å². The predicted molar refractivity (Wildman–Crippen MR) is 96.3 cm³/mol. The fourth-order valence-corrected chi connectivity index (χ4v) is 2.73. The lowest BCUT2D eigenvalue weighted by Crippen LogP contribution is -2.39. The third kappa shape index (κ3) is 4.84. The van der Waals surface area contributed by atoms with Crippen LogP contribution in [0.15, 0.2) is 6.07 Å². The zero-order valence-corrected chi connectivity index (χ0v) is 14.9. The van der Waals surface area contributed by atoms with Crippen molar-refractivity contribution < 1.29 is 0 Å². The summed E-state index contributed by atoms with van der Waals surface area (Å²) < 4.78 is 1.66. The number of thiocarbonyl (C=S) groups is 1. The number of nitrogens with zero attached hydrogens (tertiary/aromatic N) is 3. The fourth-order valence-electron chi connectivity index (χ4n) is 2.10. The maximum absolute atomic E-state index is 5.23. The van der Waals surface area contributed by atoms with Crippen molar-refractivity contribution in [1.29, 1.82) is 0 Å². The monoisotopic (exact) mass is 329 g/mol. The summed E-state index contributed by atoms with van der Waals surface area (Å²) in [5.41, 5.74) is 2.81. The van der Waals surface area contributed by atoms with Crippen LogP contribution >= 0.6 is 36.7 Å². The molecule has 0 aliphatic carbocycles. The molecule has 0 N–H and O–H groups in total. The zero-order valence-electron chi connectivity index (χ0n) is 12.5. The highest BCUT2D eigenvalue weighted by Gasteiger charge is 2.09. The first-order chi connectivity index (χ1) is 9.51. The van der Waals surface area contributed by atoms with Crippen LogP contribution in [0.5, 0.6) is 0 Å². The van der Waals surface area contributed by atoms with Gasteiger partial charge in [-0.25, -0.2) is 5.01 Å². The smallest absolute Gasteiger partial charge is 0.0792 e. The van der Waals surface area contributed by atoms with Gasteiger partial charge in [-0.1, -0.05) is 43.6 Å². The molecular weight excluding hydrogens is 306 g/mol. The first kappa shape index (κ1) is 17.6. The standard InChI is InChI=1S/C14H23N3S3/c1-4-7-17(16(3)11-18)9-6-5-8-15(2)12-10-13(19)14(12)20/h10-11H,4-9H2,1-3H3. The second-order valence-electron chi connectivity index (χ2n) is 4.98. The molecule has 3 nitrogen and oxygen atoms in total. The molecule has 0 amide bonds. The van der Waals surface area contributed by atoms with Crippen LogP contribution in [0.25, 0.3) is 0 Å². The lowest BCUT2D eigenvalue weighted by Gasteiger charge is -2.30. The Morgan fingerprint density at radius 3 is 2.25 bits per heavy atom. The number of anilines is 1. The van der Waals surface area contributed by atoms with E-state index in [4.69, 9.17) is 36.7 Å². The average molecular weight is 330 g/mol. The molecule has 1 aromatic carbocycles. The van der Waals surface area contributed by atoms with Crippen molar-refractivity contribution in [3.05, 3.63) is 15.1 Å². The van der Waals surface area contributed by atoms with E-state index in [1.165, 1.54) is 0 Å². The highest BCUT2D eigenvalue weighted by Crippen LogP contribution is 2.21. The summed E-state index contributed by atoms with van der Waals surface area (Å²) >= 11 is 15.3. The molecular formula is C14H23N3S3. The van der Waals surface area contributed by atoms with E-state index >= 15 is 0 Å². The van der Waals surface area contributed by atoms with E-state index in [9.17, 15) is 0 Å². The summed E-state index contributed by atoms with van der Waals surface area (Å²) in [5, 5.41) is 4.29. The molecule has 0 radical (unpaired) electrons. The van der Waals surface area contributed by atoms with Gasteiger partial charge in [-0.05, 0) is 25.3 Å². The van der Waals surface area contributed by atoms with E-state index in [-0.39, 0.29) is 0 Å². The van der Waals surface area contributed by atoms with Gasteiger partial charge in [0.15, 0.2) is 0 Å². The third-order valence-electron chi connectivity index (χ3n) is 3.38. The molecule has 0 aliphatic rings. The van der Waals surface area contributed by atoms with Gasteiger partial charge in [0, 0.05) is 33.7 Å². The molecule has 0 saturated carbocycles. The molecule has 0 heterocycles. The molecule has 0 aromatic heterocycles. The van der Waals surface area contributed by atoms with Crippen LogP contribution in [0.2, 0.25) is 0 Å². The van der Waals surface area contributed by atoms with Gasteiger partial charge >= 0.3 is 0 Å². The van der Waals surface area contributed by atoms with Crippen molar-refractivity contribution in [1.82, 2.24) is 10.0 Å². The molecule has 0 fully saturated rings. The van der Waals surface area contributed by atoms with Gasteiger partial charge in [0.1, 0.15) is 0 Å². The van der Waals surface area contributed by atoms with Gasteiger partial charge in [-0.2, -0.15) is 0 Å². The normalized spacial score (nSPS) is 11.0. The minimum atomic E-state index is 0.818. The number of hydrazine groups is 1. The number of rotatable bonds is 10. The molecule has 1 aromatic rings. The second-order valence-corrected chi connectivity index (χ2v) is 6.04. The van der Waals surface area contributed by atoms with Crippen molar-refractivity contribution in [2.24, 2.45) is 0 Å². The van der Waals surface area contributed by atoms with E-state index < -0.39 is 0 Å². The highest BCUT2D eigenvalue weighted by atomic mass is 32.1. The topological polar surface area (TPSA) is 9.72 Å². The van der Waals surface area contributed by atoms with E-state index in [0.29, 0.717) is 0 Å². The Balaban J connectivity index is 2.30. The number of hydrogen-bond donors (Lipinski definition) is 0. The van der Waals surface area contributed by atoms with E-state index in [2.05, 4.69) is 23.9 Å². The Hall–Kier alpha value is -0.430. The minimum Gasteiger partial charge on any atom is -0.373 e. The molecule has 0 spiro atoms. The van der Waals surface area contributed by atoms with Crippen LogP contribution in [0.3, 0.4) is 0 Å². The lowest BCUT2D eigenvalue weighted by molar-refractivity contribution is 0.0754. The Labute approximate surface area is 137 Å². The van der Waals surface area contributed by atoms with Gasteiger partial charge in [0.05, 0.1) is 20.2 Å². The Kier molecular flexibility index (Phi) is 7.72. The summed E-state index contributed by atoms with van der Waals surface area (Å²) in [6, 6.07) is 1.99. The van der Waals surface area contributed by atoms with Gasteiger partial charge in [-0.15, -0.1) is 0 Å². The van der Waals surface area contributed by atoms with Gasteiger partial charge in [-0.3, -0.25) is 0 Å². The van der Waals surface area contributed by atoms with E-state index in [1.807, 2.05) is 18.1 Å². The third-order valence-corrected chi connectivity index (χ3v) is 4.56. The second kappa shape index (κ2) is 8.77. The van der Waals surface area contributed by atoms with E-state index in [0.717, 1.165) is 53.6 Å². The SMILES string of the molecule is CCCN(CCCCN(C)c1cc(=S)c1=S)N(C)C=S. The molecule has 0 aliphatic heterocycles. The molecule has 20 heavy (non-hydrogen) atoms. The van der Waals surface area contributed by atoms with Crippen molar-refractivity contribution in [3.8, 4) is 0 Å². The largest absolute Gasteiger partial charge is 0.373 e. The summed E-state index contributed by atoms with van der Waals surface area (Å²) in [6.45, 7) is 5.27. The number of unbranched alkanes of at least 4 members (excludes halogenated alkanes) is 1. The van der Waals surface area contributed by atoms with Gasteiger partial charge in [0.25, 0.3) is 0 Å². The molecule has 6 heteroatoms. The molecule has 1 rings (SSSR count). The number of hydrogen-bond acceptors (Lipinski definition) is 5. The Morgan fingerprint density at radius 2 is 1.75 bits per heavy atom. The van der Waals surface area contributed by atoms with Crippen LogP contribution < -0.4 is 4.90 Å². The molecule has 0 unspecified atom stereocenters. The van der Waals surface area contributed by atoms with Crippen LogP contribution in [0, 0.1) is 9.02 Å². The van der Waals surface area contributed by atoms with E-state index in [1.54, 1.807) is 5.49 Å². The fraction of sp³-hybridized carbons (Fsp3) is 0.643. The maximum atomic E-state index is 5.23. The van der Waals surface area contributed by atoms with Crippen molar-refractivity contribution >= 4 is 47.8 Å². The van der Waals surface area contributed by atoms with Crippen LogP contribution in [-0.2, 0) is 0 Å². The average Bonchev–Trinajstić information content (AvgIpc) is 2.46. The van der Waals surface area contributed by atoms with Crippen LogP contribution in [-0.4, -0.2) is 49.2 Å². The Bertz CT molecular complexity index is 494. The summed E-state index contributed by atoms with van der Waals surface area (Å²) in [6.07, 6.45) is 3.41. The molecule has 112 valence electrons.